The van der Waals surface area contributed by atoms with Crippen LogP contribution in [0.1, 0.15) is 38.3 Å². The Morgan fingerprint density at radius 1 is 1.47 bits per heavy atom. The summed E-state index contributed by atoms with van der Waals surface area (Å²) in [5.74, 6) is 0.489. The Morgan fingerprint density at radius 3 is 2.84 bits per heavy atom. The Labute approximate surface area is 113 Å². The number of nitrogens with zero attached hydrogens (tertiary/aromatic N) is 2. The molecule has 19 heavy (non-hydrogen) atoms. The van der Waals surface area contributed by atoms with Gasteiger partial charge in [0.05, 0.1) is 12.0 Å². The van der Waals surface area contributed by atoms with Crippen molar-refractivity contribution in [2.45, 2.75) is 39.5 Å². The van der Waals surface area contributed by atoms with Crippen molar-refractivity contribution >= 4 is 11.9 Å². The maximum Gasteiger partial charge on any atom is 0.313 e. The zero-order valence-electron chi connectivity index (χ0n) is 11.6. The lowest BCUT2D eigenvalue weighted by atomic mass is 9.86. The van der Waals surface area contributed by atoms with Gasteiger partial charge >= 0.3 is 5.97 Å². The minimum atomic E-state index is -0.400. The molecule has 0 spiro atoms. The van der Waals surface area contributed by atoms with Crippen molar-refractivity contribution in [1.29, 1.82) is 0 Å². The summed E-state index contributed by atoms with van der Waals surface area (Å²) in [6, 6.07) is 1.85. The predicted molar refractivity (Wildman–Crippen MR) is 72.8 cm³/mol. The van der Waals surface area contributed by atoms with Crippen LogP contribution in [0.4, 0.5) is 5.95 Å². The van der Waals surface area contributed by atoms with Gasteiger partial charge in [0.1, 0.15) is 0 Å². The van der Waals surface area contributed by atoms with Crippen LogP contribution in [0.3, 0.4) is 0 Å². The van der Waals surface area contributed by atoms with E-state index >= 15 is 0 Å². The summed E-state index contributed by atoms with van der Waals surface area (Å²) in [5.41, 5.74) is 0.512. The molecule has 0 saturated heterocycles. The molecular weight excluding hydrogens is 242 g/mol. The molecule has 0 aliphatic heterocycles. The molecule has 0 bridgehead atoms. The SMILES string of the molecule is CCOC(=O)C1(CNc2nccc(C)n2)CCCC1. The van der Waals surface area contributed by atoms with Crippen LogP contribution in [-0.2, 0) is 9.53 Å². The fourth-order valence-corrected chi connectivity index (χ4v) is 2.57. The van der Waals surface area contributed by atoms with E-state index in [1.807, 2.05) is 19.9 Å². The zero-order valence-corrected chi connectivity index (χ0v) is 11.6. The van der Waals surface area contributed by atoms with Crippen LogP contribution in [0.2, 0.25) is 0 Å². The minimum Gasteiger partial charge on any atom is -0.466 e. The van der Waals surface area contributed by atoms with E-state index in [9.17, 15) is 4.79 Å². The first-order chi connectivity index (χ1) is 9.16. The van der Waals surface area contributed by atoms with Crippen molar-refractivity contribution in [3.8, 4) is 0 Å². The highest BCUT2D eigenvalue weighted by Crippen LogP contribution is 2.39. The van der Waals surface area contributed by atoms with Gasteiger partial charge in [0.2, 0.25) is 5.95 Å². The first-order valence-electron chi connectivity index (χ1n) is 6.87. The average molecular weight is 263 g/mol. The second-order valence-electron chi connectivity index (χ2n) is 5.08. The Bertz CT molecular complexity index is 442. The van der Waals surface area contributed by atoms with Gasteiger partial charge in [0.15, 0.2) is 0 Å². The number of aryl methyl sites for hydroxylation is 1. The van der Waals surface area contributed by atoms with Gasteiger partial charge < -0.3 is 10.1 Å². The maximum atomic E-state index is 12.2. The molecule has 104 valence electrons. The molecule has 5 heteroatoms. The summed E-state index contributed by atoms with van der Waals surface area (Å²) in [5, 5.41) is 3.18. The Balaban J connectivity index is 2.03. The van der Waals surface area contributed by atoms with E-state index in [-0.39, 0.29) is 5.97 Å². The molecule has 1 fully saturated rings. The summed E-state index contributed by atoms with van der Waals surface area (Å²) < 4.78 is 5.22. The van der Waals surface area contributed by atoms with E-state index in [2.05, 4.69) is 15.3 Å². The molecule has 2 rings (SSSR count). The lowest BCUT2D eigenvalue weighted by molar-refractivity contribution is -0.154. The molecule has 1 saturated carbocycles. The third-order valence-electron chi connectivity index (χ3n) is 3.65. The molecule has 0 amide bonds. The standard InChI is InChI=1S/C14H21N3O2/c1-3-19-12(18)14(7-4-5-8-14)10-16-13-15-9-6-11(2)17-13/h6,9H,3-5,7-8,10H2,1-2H3,(H,15,16,17). The van der Waals surface area contributed by atoms with Gasteiger partial charge in [-0.2, -0.15) is 0 Å². The number of hydrogen-bond donors (Lipinski definition) is 1. The fourth-order valence-electron chi connectivity index (χ4n) is 2.57. The second-order valence-corrected chi connectivity index (χ2v) is 5.08. The quantitative estimate of drug-likeness (QED) is 0.826. The van der Waals surface area contributed by atoms with Crippen LogP contribution in [0.15, 0.2) is 12.3 Å². The van der Waals surface area contributed by atoms with Gasteiger partial charge in [-0.25, -0.2) is 9.97 Å². The van der Waals surface area contributed by atoms with Crippen LogP contribution in [0.25, 0.3) is 0 Å². The molecule has 5 nitrogen and oxygen atoms in total. The minimum absolute atomic E-state index is 0.0901. The van der Waals surface area contributed by atoms with Crippen molar-refractivity contribution in [3.63, 3.8) is 0 Å². The summed E-state index contributed by atoms with van der Waals surface area (Å²) >= 11 is 0. The molecule has 1 aliphatic carbocycles. The van der Waals surface area contributed by atoms with Crippen LogP contribution < -0.4 is 5.32 Å². The normalized spacial score (nSPS) is 17.2. The molecule has 1 aromatic rings. The molecule has 0 atom stereocenters. The Kier molecular flexibility index (Phi) is 4.35. The van der Waals surface area contributed by atoms with E-state index in [0.717, 1.165) is 31.4 Å². The first kappa shape index (κ1) is 13.8. The van der Waals surface area contributed by atoms with Crippen molar-refractivity contribution in [2.75, 3.05) is 18.5 Å². The summed E-state index contributed by atoms with van der Waals surface area (Å²) in [7, 11) is 0. The third kappa shape index (κ3) is 3.22. The highest BCUT2D eigenvalue weighted by Gasteiger charge is 2.42. The summed E-state index contributed by atoms with van der Waals surface area (Å²) in [6.45, 7) is 4.75. The number of carbonyl (C=O) groups excluding carboxylic acids is 1. The number of carbonyl (C=O) groups is 1. The molecule has 1 N–H and O–H groups in total. The van der Waals surface area contributed by atoms with Gasteiger partial charge in [-0.05, 0) is 32.8 Å². The van der Waals surface area contributed by atoms with Crippen LogP contribution in [-0.4, -0.2) is 29.1 Å². The highest BCUT2D eigenvalue weighted by atomic mass is 16.5. The highest BCUT2D eigenvalue weighted by molar-refractivity contribution is 5.78. The Morgan fingerprint density at radius 2 is 2.21 bits per heavy atom. The zero-order chi connectivity index (χ0) is 13.7. The van der Waals surface area contributed by atoms with Crippen LogP contribution in [0, 0.1) is 12.3 Å². The molecule has 0 radical (unpaired) electrons. The lowest BCUT2D eigenvalue weighted by Crippen LogP contribution is -2.37. The summed E-state index contributed by atoms with van der Waals surface area (Å²) in [4.78, 5) is 20.6. The van der Waals surface area contributed by atoms with Gasteiger partial charge in [0, 0.05) is 18.4 Å². The van der Waals surface area contributed by atoms with Gasteiger partial charge in [-0.15, -0.1) is 0 Å². The number of anilines is 1. The van der Waals surface area contributed by atoms with Gasteiger partial charge in [0.25, 0.3) is 0 Å². The number of nitrogens with one attached hydrogen (secondary N) is 1. The van der Waals surface area contributed by atoms with E-state index < -0.39 is 5.41 Å². The molecule has 1 heterocycles. The van der Waals surface area contributed by atoms with Crippen molar-refractivity contribution < 1.29 is 9.53 Å². The number of esters is 1. The fraction of sp³-hybridized carbons (Fsp3) is 0.643. The molecule has 0 unspecified atom stereocenters. The van der Waals surface area contributed by atoms with Crippen molar-refractivity contribution in [3.05, 3.63) is 18.0 Å². The Hall–Kier alpha value is -1.65. The third-order valence-corrected chi connectivity index (χ3v) is 3.65. The second kappa shape index (κ2) is 5.99. The number of ether oxygens (including phenoxy) is 1. The summed E-state index contributed by atoms with van der Waals surface area (Å²) in [6.07, 6.45) is 5.63. The van der Waals surface area contributed by atoms with E-state index in [0.29, 0.717) is 19.1 Å². The molecular formula is C14H21N3O2. The van der Waals surface area contributed by atoms with Gasteiger partial charge in [-0.1, -0.05) is 12.8 Å². The monoisotopic (exact) mass is 263 g/mol. The van der Waals surface area contributed by atoms with Crippen LogP contribution in [0.5, 0.6) is 0 Å². The van der Waals surface area contributed by atoms with E-state index in [1.54, 1.807) is 6.20 Å². The molecule has 0 aromatic carbocycles. The maximum absolute atomic E-state index is 12.2. The molecule has 1 aromatic heterocycles. The molecule has 1 aliphatic rings. The number of rotatable bonds is 5. The van der Waals surface area contributed by atoms with Gasteiger partial charge in [-0.3, -0.25) is 4.79 Å². The largest absolute Gasteiger partial charge is 0.466 e. The predicted octanol–water partition coefficient (Wildman–Crippen LogP) is 2.32. The first-order valence-corrected chi connectivity index (χ1v) is 6.87. The van der Waals surface area contributed by atoms with E-state index in [1.165, 1.54) is 0 Å². The average Bonchev–Trinajstić information content (AvgIpc) is 2.87. The van der Waals surface area contributed by atoms with E-state index in [4.69, 9.17) is 4.74 Å². The van der Waals surface area contributed by atoms with Crippen molar-refractivity contribution in [2.24, 2.45) is 5.41 Å². The number of aromatic nitrogens is 2. The lowest BCUT2D eigenvalue weighted by Gasteiger charge is -2.26. The van der Waals surface area contributed by atoms with Crippen LogP contribution >= 0.6 is 0 Å². The number of hydrogen-bond acceptors (Lipinski definition) is 5. The topological polar surface area (TPSA) is 64.1 Å². The smallest absolute Gasteiger partial charge is 0.313 e. The van der Waals surface area contributed by atoms with Crippen molar-refractivity contribution in [1.82, 2.24) is 9.97 Å².